The molecule has 130 valence electrons. The van der Waals surface area contributed by atoms with Crippen molar-refractivity contribution >= 4 is 0 Å². The van der Waals surface area contributed by atoms with Crippen molar-refractivity contribution in [2.75, 3.05) is 0 Å². The molecule has 0 heterocycles. The van der Waals surface area contributed by atoms with E-state index in [2.05, 4.69) is 25.7 Å². The molecule has 0 aliphatic rings. The molecule has 0 amide bonds. The molecule has 0 unspecified atom stereocenters. The topological polar surface area (TPSA) is 0 Å². The van der Waals surface area contributed by atoms with Crippen molar-refractivity contribution in [3.63, 3.8) is 0 Å². The first-order chi connectivity index (χ1) is 10.9. The smallest absolute Gasteiger partial charge is 0.00886 e. The molecular weight excluding hydrogens is 264 g/mol. The number of hydrogen-bond donors (Lipinski definition) is 0. The largest absolute Gasteiger partial charge is 0.103 e. The van der Waals surface area contributed by atoms with Gasteiger partial charge in [0, 0.05) is 12.8 Å². The predicted octanol–water partition coefficient (Wildman–Crippen LogP) is 8.05. The maximum atomic E-state index is 3.36. The highest BCUT2D eigenvalue weighted by atomic mass is 14.0. The Labute approximate surface area is 141 Å². The van der Waals surface area contributed by atoms with Crippen LogP contribution in [0.5, 0.6) is 0 Å². The fraction of sp³-hybridized carbons (Fsp3) is 0.909. The number of rotatable bonds is 16. The normalized spacial score (nSPS) is 10.5. The molecule has 0 aliphatic carbocycles. The van der Waals surface area contributed by atoms with Gasteiger partial charge in [-0.3, -0.25) is 0 Å². The number of unbranched alkanes of at least 4 members (excludes halogenated alkanes) is 16. The molecule has 0 fully saturated rings. The molecule has 0 radical (unpaired) electrons. The average Bonchev–Trinajstić information content (AvgIpc) is 2.54. The van der Waals surface area contributed by atoms with E-state index in [4.69, 9.17) is 0 Å². The van der Waals surface area contributed by atoms with Gasteiger partial charge in [0.05, 0.1) is 0 Å². The van der Waals surface area contributed by atoms with Gasteiger partial charge in [-0.25, -0.2) is 0 Å². The van der Waals surface area contributed by atoms with E-state index in [0.29, 0.717) is 0 Å². The van der Waals surface area contributed by atoms with E-state index in [-0.39, 0.29) is 0 Å². The quantitative estimate of drug-likeness (QED) is 0.200. The van der Waals surface area contributed by atoms with Crippen LogP contribution in [0.3, 0.4) is 0 Å². The van der Waals surface area contributed by atoms with Gasteiger partial charge in [-0.2, -0.15) is 0 Å². The first-order valence-corrected chi connectivity index (χ1v) is 10.4. The third kappa shape index (κ3) is 19.6. The van der Waals surface area contributed by atoms with Gasteiger partial charge in [-0.1, -0.05) is 104 Å². The molecule has 0 aromatic heterocycles. The second-order valence-corrected chi connectivity index (χ2v) is 6.80. The first kappa shape index (κ1) is 21.6. The summed E-state index contributed by atoms with van der Waals surface area (Å²) in [6.07, 6.45) is 24.7. The zero-order valence-corrected chi connectivity index (χ0v) is 15.7. The number of hydrogen-bond acceptors (Lipinski definition) is 0. The van der Waals surface area contributed by atoms with Crippen LogP contribution in [0.2, 0.25) is 0 Å². The van der Waals surface area contributed by atoms with Crippen LogP contribution in [0.1, 0.15) is 129 Å². The average molecular weight is 307 g/mol. The van der Waals surface area contributed by atoms with Crippen LogP contribution in [-0.2, 0) is 0 Å². The van der Waals surface area contributed by atoms with Gasteiger partial charge in [0.25, 0.3) is 0 Å². The van der Waals surface area contributed by atoms with Crippen molar-refractivity contribution in [2.24, 2.45) is 0 Å². The molecule has 0 spiro atoms. The van der Waals surface area contributed by atoms with E-state index in [1.165, 1.54) is 103 Å². The van der Waals surface area contributed by atoms with Gasteiger partial charge in [-0.15, -0.1) is 11.8 Å². The molecule has 0 aliphatic heterocycles. The van der Waals surface area contributed by atoms with Crippen molar-refractivity contribution < 1.29 is 0 Å². The molecule has 0 aromatic rings. The molecule has 0 aromatic carbocycles. The van der Waals surface area contributed by atoms with Gasteiger partial charge < -0.3 is 0 Å². The summed E-state index contributed by atoms with van der Waals surface area (Å²) in [5, 5.41) is 0. The molecule has 0 N–H and O–H groups in total. The summed E-state index contributed by atoms with van der Waals surface area (Å²) in [4.78, 5) is 0. The lowest BCUT2D eigenvalue weighted by atomic mass is 10.1. The van der Waals surface area contributed by atoms with Crippen molar-refractivity contribution in [1.82, 2.24) is 0 Å². The summed E-state index contributed by atoms with van der Waals surface area (Å²) in [5.41, 5.74) is 0. The lowest BCUT2D eigenvalue weighted by Crippen LogP contribution is -1.81. The molecular formula is C22H42. The lowest BCUT2D eigenvalue weighted by molar-refractivity contribution is 0.558. The second-order valence-electron chi connectivity index (χ2n) is 6.80. The molecule has 0 rings (SSSR count). The molecule has 0 nitrogen and oxygen atoms in total. The Morgan fingerprint density at radius 2 is 0.636 bits per heavy atom. The SMILES string of the molecule is CCCCCCCCC#CCCCCCCCCCCCC. The summed E-state index contributed by atoms with van der Waals surface area (Å²) in [5.74, 6) is 6.72. The van der Waals surface area contributed by atoms with Crippen molar-refractivity contribution in [2.45, 2.75) is 129 Å². The monoisotopic (exact) mass is 306 g/mol. The van der Waals surface area contributed by atoms with E-state index in [1.54, 1.807) is 0 Å². The predicted molar refractivity (Wildman–Crippen MR) is 102 cm³/mol. The fourth-order valence-corrected chi connectivity index (χ4v) is 2.87. The van der Waals surface area contributed by atoms with Crippen LogP contribution in [0.4, 0.5) is 0 Å². The molecule has 0 atom stereocenters. The molecule has 0 saturated heterocycles. The summed E-state index contributed by atoms with van der Waals surface area (Å²) < 4.78 is 0. The Hall–Kier alpha value is -0.440. The standard InChI is InChI=1S/C22H42/c1-3-5-7-9-11-13-15-17-19-21-22-20-18-16-14-12-10-8-6-4-2/h3-17,19,21-22H2,1-2H3. The molecule has 22 heavy (non-hydrogen) atoms. The van der Waals surface area contributed by atoms with Crippen LogP contribution < -0.4 is 0 Å². The van der Waals surface area contributed by atoms with Gasteiger partial charge >= 0.3 is 0 Å². The zero-order valence-electron chi connectivity index (χ0n) is 15.7. The minimum absolute atomic E-state index is 1.13. The van der Waals surface area contributed by atoms with E-state index in [1.807, 2.05) is 0 Å². The molecule has 0 bridgehead atoms. The molecule has 0 heteroatoms. The highest BCUT2D eigenvalue weighted by Crippen LogP contribution is 2.11. The van der Waals surface area contributed by atoms with E-state index >= 15 is 0 Å². The van der Waals surface area contributed by atoms with Gasteiger partial charge in [0.2, 0.25) is 0 Å². The van der Waals surface area contributed by atoms with Crippen LogP contribution in [-0.4, -0.2) is 0 Å². The summed E-state index contributed by atoms with van der Waals surface area (Å²) >= 11 is 0. The van der Waals surface area contributed by atoms with E-state index < -0.39 is 0 Å². The Kier molecular flexibility index (Phi) is 20.1. The maximum Gasteiger partial charge on any atom is 0.00886 e. The summed E-state index contributed by atoms with van der Waals surface area (Å²) in [6.45, 7) is 4.57. The zero-order chi connectivity index (χ0) is 16.1. The third-order valence-corrected chi connectivity index (χ3v) is 4.44. The maximum absolute atomic E-state index is 3.36. The van der Waals surface area contributed by atoms with Crippen LogP contribution >= 0.6 is 0 Å². The summed E-state index contributed by atoms with van der Waals surface area (Å²) in [6, 6.07) is 0. The third-order valence-electron chi connectivity index (χ3n) is 4.44. The fourth-order valence-electron chi connectivity index (χ4n) is 2.87. The van der Waals surface area contributed by atoms with Crippen molar-refractivity contribution in [3.8, 4) is 11.8 Å². The van der Waals surface area contributed by atoms with Gasteiger partial charge in [0.1, 0.15) is 0 Å². The Morgan fingerprint density at radius 3 is 0.955 bits per heavy atom. The van der Waals surface area contributed by atoms with Crippen LogP contribution in [0.25, 0.3) is 0 Å². The van der Waals surface area contributed by atoms with Gasteiger partial charge in [0.15, 0.2) is 0 Å². The highest BCUT2D eigenvalue weighted by molar-refractivity contribution is 4.98. The van der Waals surface area contributed by atoms with E-state index in [0.717, 1.165) is 12.8 Å². The molecule has 0 saturated carbocycles. The minimum atomic E-state index is 1.13. The summed E-state index contributed by atoms with van der Waals surface area (Å²) in [7, 11) is 0. The van der Waals surface area contributed by atoms with Crippen molar-refractivity contribution in [1.29, 1.82) is 0 Å². The Balaban J connectivity index is 3.06. The van der Waals surface area contributed by atoms with Crippen LogP contribution in [0.15, 0.2) is 0 Å². The Bertz CT molecular complexity index is 242. The van der Waals surface area contributed by atoms with Crippen LogP contribution in [0, 0.1) is 11.8 Å². The van der Waals surface area contributed by atoms with Crippen molar-refractivity contribution in [3.05, 3.63) is 0 Å². The first-order valence-electron chi connectivity index (χ1n) is 10.4. The lowest BCUT2D eigenvalue weighted by Gasteiger charge is -2.00. The second kappa shape index (κ2) is 20.6. The van der Waals surface area contributed by atoms with Gasteiger partial charge in [-0.05, 0) is 12.8 Å². The van der Waals surface area contributed by atoms with E-state index in [9.17, 15) is 0 Å². The highest BCUT2D eigenvalue weighted by Gasteiger charge is 1.92. The Morgan fingerprint density at radius 1 is 0.364 bits per heavy atom. The minimum Gasteiger partial charge on any atom is -0.103 e.